The molecule has 0 aliphatic carbocycles. The van der Waals surface area contributed by atoms with E-state index in [1.54, 1.807) is 0 Å². The molecule has 0 saturated heterocycles. The van der Waals surface area contributed by atoms with E-state index in [0.29, 0.717) is 6.54 Å². The van der Waals surface area contributed by atoms with E-state index in [0.717, 1.165) is 27.8 Å². The van der Waals surface area contributed by atoms with E-state index in [2.05, 4.69) is 25.9 Å². The highest BCUT2D eigenvalue weighted by atomic mass is 79.9. The second kappa shape index (κ2) is 6.33. The topological polar surface area (TPSA) is 54.7 Å². The van der Waals surface area contributed by atoms with Gasteiger partial charge >= 0.3 is 0 Å². The zero-order valence-corrected chi connectivity index (χ0v) is 11.1. The highest BCUT2D eigenvalue weighted by Crippen LogP contribution is 2.17. The van der Waals surface area contributed by atoms with Crippen LogP contribution in [-0.2, 0) is 6.42 Å². The Labute approximate surface area is 109 Å². The number of rotatable bonds is 2. The summed E-state index contributed by atoms with van der Waals surface area (Å²) in [5, 5.41) is 0. The monoisotopic (exact) mass is 311 g/mol. The number of nitrogens with one attached hydrogen (secondary N) is 1. The van der Waals surface area contributed by atoms with Crippen molar-refractivity contribution in [3.05, 3.63) is 28.5 Å². The van der Waals surface area contributed by atoms with E-state index in [4.69, 9.17) is 5.73 Å². The molecule has 0 aliphatic rings. The molecule has 0 unspecified atom stereocenters. The second-order valence-electron chi connectivity index (χ2n) is 2.88. The van der Waals surface area contributed by atoms with Crippen molar-refractivity contribution in [1.29, 1.82) is 0 Å². The van der Waals surface area contributed by atoms with Crippen LogP contribution >= 0.6 is 40.7 Å². The van der Waals surface area contributed by atoms with Crippen LogP contribution in [0.3, 0.4) is 0 Å². The van der Waals surface area contributed by atoms with Crippen molar-refractivity contribution >= 4 is 51.8 Å². The zero-order valence-electron chi connectivity index (χ0n) is 7.87. The van der Waals surface area contributed by atoms with E-state index in [9.17, 15) is 0 Å². The summed E-state index contributed by atoms with van der Waals surface area (Å²) >= 11 is 3.41. The lowest BCUT2D eigenvalue weighted by atomic mass is 10.3. The summed E-state index contributed by atoms with van der Waals surface area (Å²) in [5.41, 5.74) is 7.49. The molecule has 0 spiro atoms. The van der Waals surface area contributed by atoms with Gasteiger partial charge in [0.1, 0.15) is 5.82 Å². The first-order valence-corrected chi connectivity index (χ1v) is 4.93. The molecule has 6 heteroatoms. The molecule has 3 N–H and O–H groups in total. The second-order valence-corrected chi connectivity index (χ2v) is 3.80. The lowest BCUT2D eigenvalue weighted by Crippen LogP contribution is -2.03. The summed E-state index contributed by atoms with van der Waals surface area (Å²) in [6, 6.07) is 5.98. The molecule has 0 bridgehead atoms. The van der Waals surface area contributed by atoms with Crippen LogP contribution in [0.2, 0.25) is 0 Å². The number of aromatic nitrogens is 2. The quantitative estimate of drug-likeness (QED) is 0.895. The fraction of sp³-hybridized carbons (Fsp3) is 0.222. The van der Waals surface area contributed by atoms with Crippen LogP contribution in [0.4, 0.5) is 0 Å². The Kier molecular flexibility index (Phi) is 6.20. The van der Waals surface area contributed by atoms with Crippen molar-refractivity contribution < 1.29 is 0 Å². The summed E-state index contributed by atoms with van der Waals surface area (Å²) in [6.07, 6.45) is 0.798. The fourth-order valence-corrected chi connectivity index (χ4v) is 1.65. The first kappa shape index (κ1) is 14.7. The molecule has 0 amide bonds. The lowest BCUT2D eigenvalue weighted by molar-refractivity contribution is 0.900. The predicted molar refractivity (Wildman–Crippen MR) is 71.0 cm³/mol. The average molecular weight is 313 g/mol. The predicted octanol–water partition coefficient (Wildman–Crippen LogP) is 2.67. The molecule has 84 valence electrons. The molecular formula is C9H12BrCl2N3. The summed E-state index contributed by atoms with van der Waals surface area (Å²) in [6.45, 7) is 0.626. The smallest absolute Gasteiger partial charge is 0.108 e. The number of imidazole rings is 1. The molecular weight excluding hydrogens is 301 g/mol. The summed E-state index contributed by atoms with van der Waals surface area (Å²) < 4.78 is 1.06. The molecule has 15 heavy (non-hydrogen) atoms. The van der Waals surface area contributed by atoms with Crippen LogP contribution in [-0.4, -0.2) is 16.5 Å². The number of nitrogens with two attached hydrogens (primary N) is 1. The van der Waals surface area contributed by atoms with Crippen LogP contribution in [0.5, 0.6) is 0 Å². The Hall–Kier alpha value is -0.290. The molecule has 2 aromatic rings. The molecule has 0 atom stereocenters. The Balaban J connectivity index is 0.000000980. The summed E-state index contributed by atoms with van der Waals surface area (Å²) in [7, 11) is 0. The van der Waals surface area contributed by atoms with Gasteiger partial charge < -0.3 is 10.7 Å². The average Bonchev–Trinajstić information content (AvgIpc) is 2.46. The van der Waals surface area contributed by atoms with Gasteiger partial charge in [-0.25, -0.2) is 4.98 Å². The maximum Gasteiger partial charge on any atom is 0.108 e. The van der Waals surface area contributed by atoms with Crippen LogP contribution in [0.15, 0.2) is 22.7 Å². The molecule has 0 saturated carbocycles. The number of aromatic amines is 1. The number of hydrogen-bond donors (Lipinski definition) is 2. The van der Waals surface area contributed by atoms with Gasteiger partial charge in [0.2, 0.25) is 0 Å². The van der Waals surface area contributed by atoms with E-state index in [1.165, 1.54) is 0 Å². The highest BCUT2D eigenvalue weighted by molar-refractivity contribution is 9.10. The van der Waals surface area contributed by atoms with Gasteiger partial charge in [-0.05, 0) is 24.7 Å². The van der Waals surface area contributed by atoms with Gasteiger partial charge in [-0.2, -0.15) is 0 Å². The van der Waals surface area contributed by atoms with E-state index < -0.39 is 0 Å². The van der Waals surface area contributed by atoms with E-state index in [1.807, 2.05) is 18.2 Å². The molecule has 3 nitrogen and oxygen atoms in total. The van der Waals surface area contributed by atoms with Gasteiger partial charge in [-0.3, -0.25) is 0 Å². The molecule has 0 fully saturated rings. The van der Waals surface area contributed by atoms with Gasteiger partial charge in [0.15, 0.2) is 0 Å². The Morgan fingerprint density at radius 2 is 2.07 bits per heavy atom. The van der Waals surface area contributed by atoms with Crippen molar-refractivity contribution in [2.45, 2.75) is 6.42 Å². The molecule has 0 radical (unpaired) electrons. The van der Waals surface area contributed by atoms with Gasteiger partial charge in [-0.15, -0.1) is 24.8 Å². The third kappa shape index (κ3) is 3.34. The third-order valence-electron chi connectivity index (χ3n) is 1.87. The van der Waals surface area contributed by atoms with Gasteiger partial charge in [0.05, 0.1) is 11.0 Å². The van der Waals surface area contributed by atoms with E-state index in [-0.39, 0.29) is 24.8 Å². The van der Waals surface area contributed by atoms with Crippen LogP contribution in [0.25, 0.3) is 11.0 Å². The minimum atomic E-state index is 0. The maximum atomic E-state index is 5.44. The largest absolute Gasteiger partial charge is 0.342 e. The number of benzene rings is 1. The molecule has 1 heterocycles. The molecule has 2 rings (SSSR count). The standard InChI is InChI=1S/C9H10BrN3.2ClH/c10-6-1-2-7-8(5-6)13-9(12-7)3-4-11;;/h1-2,5H,3-4,11H2,(H,12,13);2*1H. The number of H-pyrrole nitrogens is 1. The minimum Gasteiger partial charge on any atom is -0.342 e. The third-order valence-corrected chi connectivity index (χ3v) is 2.37. The van der Waals surface area contributed by atoms with Gasteiger partial charge in [0, 0.05) is 10.9 Å². The first-order valence-electron chi connectivity index (χ1n) is 4.14. The van der Waals surface area contributed by atoms with Crippen molar-refractivity contribution in [3.8, 4) is 0 Å². The number of fused-ring (bicyclic) bond motifs is 1. The summed E-state index contributed by atoms with van der Waals surface area (Å²) in [4.78, 5) is 7.60. The van der Waals surface area contributed by atoms with Crippen LogP contribution in [0, 0.1) is 0 Å². The van der Waals surface area contributed by atoms with Crippen molar-refractivity contribution in [3.63, 3.8) is 0 Å². The van der Waals surface area contributed by atoms with Crippen LogP contribution in [0.1, 0.15) is 5.82 Å². The molecule has 1 aromatic heterocycles. The SMILES string of the molecule is Cl.Cl.NCCc1nc2ccc(Br)cc2[nH]1. The summed E-state index contributed by atoms with van der Waals surface area (Å²) in [5.74, 6) is 0.954. The van der Waals surface area contributed by atoms with E-state index >= 15 is 0 Å². The van der Waals surface area contributed by atoms with Crippen LogP contribution < -0.4 is 5.73 Å². The number of nitrogens with zero attached hydrogens (tertiary/aromatic N) is 1. The Morgan fingerprint density at radius 1 is 1.33 bits per heavy atom. The Morgan fingerprint density at radius 3 is 2.73 bits per heavy atom. The molecule has 0 aliphatic heterocycles. The normalized spacial score (nSPS) is 9.47. The fourth-order valence-electron chi connectivity index (χ4n) is 1.29. The maximum absolute atomic E-state index is 5.44. The van der Waals surface area contributed by atoms with Gasteiger partial charge in [-0.1, -0.05) is 15.9 Å². The van der Waals surface area contributed by atoms with Crippen molar-refractivity contribution in [1.82, 2.24) is 9.97 Å². The van der Waals surface area contributed by atoms with Crippen molar-refractivity contribution in [2.24, 2.45) is 5.73 Å². The molecule has 1 aromatic carbocycles. The first-order chi connectivity index (χ1) is 6.29. The number of halogens is 3. The Bertz CT molecular complexity index is 430. The lowest BCUT2D eigenvalue weighted by Gasteiger charge is -1.88. The van der Waals surface area contributed by atoms with Crippen molar-refractivity contribution in [2.75, 3.05) is 6.54 Å². The highest BCUT2D eigenvalue weighted by Gasteiger charge is 2.01. The minimum absolute atomic E-state index is 0. The van der Waals surface area contributed by atoms with Gasteiger partial charge in [0.25, 0.3) is 0 Å². The zero-order chi connectivity index (χ0) is 9.26. The number of hydrogen-bond acceptors (Lipinski definition) is 2.